The number of halogens is 4. The van der Waals surface area contributed by atoms with E-state index >= 15 is 4.39 Å². The first kappa shape index (κ1) is 32.9. The number of rotatable bonds is 5. The average Bonchev–Trinajstić information content (AvgIpc) is 2.98. The molecule has 4 aromatic rings. The number of nitrogens with zero attached hydrogens (tertiary/aromatic N) is 6. The van der Waals surface area contributed by atoms with Crippen molar-refractivity contribution in [3.63, 3.8) is 0 Å². The summed E-state index contributed by atoms with van der Waals surface area (Å²) >= 11 is 0. The lowest BCUT2D eigenvalue weighted by atomic mass is 10.1. The molecule has 0 aliphatic carbocycles. The SMILES string of the molecule is Cl.Cl.Cl.O=C(O)c1cn(-c2cccc(N3CCOCC3)c2)c2nc(N3CCN(c4ccccn4)CC3)c(F)cc2c1=O. The van der Waals surface area contributed by atoms with Crippen molar-refractivity contribution >= 4 is 71.5 Å². The molecule has 2 fully saturated rings. The van der Waals surface area contributed by atoms with Crippen molar-refractivity contribution in [2.24, 2.45) is 0 Å². The van der Waals surface area contributed by atoms with Crippen LogP contribution in [0, 0.1) is 5.82 Å². The van der Waals surface area contributed by atoms with E-state index in [-0.39, 0.29) is 54.1 Å². The third-order valence-corrected chi connectivity index (χ3v) is 7.18. The normalized spacial score (nSPS) is 14.9. The second kappa shape index (κ2) is 14.0. The number of pyridine rings is 3. The second-order valence-corrected chi connectivity index (χ2v) is 9.49. The van der Waals surface area contributed by atoms with E-state index in [2.05, 4.69) is 19.8 Å². The summed E-state index contributed by atoms with van der Waals surface area (Å²) in [6.45, 7) is 4.97. The second-order valence-electron chi connectivity index (χ2n) is 9.49. The molecule has 0 saturated carbocycles. The van der Waals surface area contributed by atoms with Crippen LogP contribution in [0.3, 0.4) is 0 Å². The molecular formula is C28H30Cl3FN6O4. The van der Waals surface area contributed by atoms with Gasteiger partial charge in [0.2, 0.25) is 5.43 Å². The van der Waals surface area contributed by atoms with Gasteiger partial charge < -0.3 is 29.1 Å². The molecular weight excluding hydrogens is 610 g/mol. The summed E-state index contributed by atoms with van der Waals surface area (Å²) < 4.78 is 22.5. The third kappa shape index (κ3) is 6.39. The molecule has 0 atom stereocenters. The van der Waals surface area contributed by atoms with E-state index in [9.17, 15) is 14.7 Å². The fourth-order valence-corrected chi connectivity index (χ4v) is 5.13. The fraction of sp³-hybridized carbons (Fsp3) is 0.286. The minimum Gasteiger partial charge on any atom is -0.477 e. The van der Waals surface area contributed by atoms with E-state index in [1.54, 1.807) is 10.8 Å². The number of hydrogen-bond acceptors (Lipinski definition) is 8. The standard InChI is InChI=1S/C28H27FN6O4.3ClH/c29-23-17-21-25(36)22(28(37)38)18-35(20-5-3-4-19(16-20)32-12-14-39-15-13-32)26(21)31-27(23)34-10-8-33(9-11-34)24-6-1-2-7-30-24;;;/h1-7,16-18H,8-15H2,(H,37,38);3*1H. The molecule has 0 spiro atoms. The van der Waals surface area contributed by atoms with Crippen LogP contribution < -0.4 is 20.1 Å². The Balaban J connectivity index is 0.00000161. The Morgan fingerprint density at radius 2 is 1.55 bits per heavy atom. The van der Waals surface area contributed by atoms with Gasteiger partial charge in [0.05, 0.1) is 18.6 Å². The fourth-order valence-electron chi connectivity index (χ4n) is 5.13. The van der Waals surface area contributed by atoms with E-state index in [4.69, 9.17) is 4.74 Å². The maximum atomic E-state index is 15.4. The van der Waals surface area contributed by atoms with E-state index < -0.39 is 22.8 Å². The summed E-state index contributed by atoms with van der Waals surface area (Å²) in [7, 11) is 0. The summed E-state index contributed by atoms with van der Waals surface area (Å²) in [6, 6.07) is 14.4. The zero-order chi connectivity index (χ0) is 26.9. The van der Waals surface area contributed by atoms with Crippen LogP contribution in [-0.4, -0.2) is 78.1 Å². The molecule has 2 aliphatic heterocycles. The number of anilines is 3. The van der Waals surface area contributed by atoms with Crippen LogP contribution in [-0.2, 0) is 4.74 Å². The number of carbonyl (C=O) groups is 1. The van der Waals surface area contributed by atoms with Gasteiger partial charge in [0, 0.05) is 63.0 Å². The van der Waals surface area contributed by atoms with E-state index in [1.807, 2.05) is 47.4 Å². The highest BCUT2D eigenvalue weighted by atomic mass is 35.5. The van der Waals surface area contributed by atoms with Crippen molar-refractivity contribution in [3.8, 4) is 5.69 Å². The predicted octanol–water partition coefficient (Wildman–Crippen LogP) is 4.05. The summed E-state index contributed by atoms with van der Waals surface area (Å²) in [5.74, 6) is -1.06. The summed E-state index contributed by atoms with van der Waals surface area (Å²) in [4.78, 5) is 40.2. The molecule has 3 aromatic heterocycles. The van der Waals surface area contributed by atoms with Crippen LogP contribution in [0.5, 0.6) is 0 Å². The molecule has 6 rings (SSSR count). The number of carboxylic acids is 1. The largest absolute Gasteiger partial charge is 0.477 e. The van der Waals surface area contributed by atoms with Gasteiger partial charge >= 0.3 is 5.97 Å². The van der Waals surface area contributed by atoms with Gasteiger partial charge in [-0.25, -0.2) is 19.2 Å². The zero-order valence-corrected chi connectivity index (χ0v) is 24.8. The van der Waals surface area contributed by atoms with Crippen molar-refractivity contribution in [1.82, 2.24) is 14.5 Å². The molecule has 2 saturated heterocycles. The molecule has 14 heteroatoms. The van der Waals surface area contributed by atoms with Crippen LogP contribution in [0.25, 0.3) is 16.7 Å². The van der Waals surface area contributed by atoms with E-state index in [0.29, 0.717) is 45.1 Å². The monoisotopic (exact) mass is 638 g/mol. The molecule has 42 heavy (non-hydrogen) atoms. The smallest absolute Gasteiger partial charge is 0.341 e. The molecule has 0 unspecified atom stereocenters. The van der Waals surface area contributed by atoms with Gasteiger partial charge in [-0.15, -0.1) is 37.2 Å². The lowest BCUT2D eigenvalue weighted by Crippen LogP contribution is -2.47. The van der Waals surface area contributed by atoms with Crippen LogP contribution in [0.4, 0.5) is 21.7 Å². The average molecular weight is 640 g/mol. The molecule has 224 valence electrons. The molecule has 2 aliphatic rings. The van der Waals surface area contributed by atoms with Gasteiger partial charge in [0.15, 0.2) is 17.3 Å². The van der Waals surface area contributed by atoms with Crippen LogP contribution in [0.1, 0.15) is 10.4 Å². The Kier molecular flexibility index (Phi) is 11.0. The van der Waals surface area contributed by atoms with Crippen molar-refractivity contribution in [1.29, 1.82) is 0 Å². The first-order valence-corrected chi connectivity index (χ1v) is 12.8. The number of aromatic nitrogens is 3. The number of benzene rings is 1. The quantitative estimate of drug-likeness (QED) is 0.347. The number of hydrogen-bond donors (Lipinski definition) is 1. The molecule has 1 aromatic carbocycles. The number of fused-ring (bicyclic) bond motifs is 1. The summed E-state index contributed by atoms with van der Waals surface area (Å²) in [5.41, 5.74) is 0.546. The molecule has 10 nitrogen and oxygen atoms in total. The molecule has 0 radical (unpaired) electrons. The van der Waals surface area contributed by atoms with Gasteiger partial charge in [-0.05, 0) is 36.4 Å². The van der Waals surface area contributed by atoms with Crippen LogP contribution in [0.2, 0.25) is 0 Å². The highest BCUT2D eigenvalue weighted by Gasteiger charge is 2.25. The number of piperazine rings is 1. The van der Waals surface area contributed by atoms with Gasteiger partial charge in [0.1, 0.15) is 11.4 Å². The Morgan fingerprint density at radius 1 is 0.857 bits per heavy atom. The minimum absolute atomic E-state index is 0. The Hall–Kier alpha value is -3.64. The lowest BCUT2D eigenvalue weighted by molar-refractivity contribution is 0.0695. The number of morpholine rings is 1. The minimum atomic E-state index is -1.38. The van der Waals surface area contributed by atoms with Crippen molar-refractivity contribution < 1.29 is 19.0 Å². The van der Waals surface area contributed by atoms with E-state index in [0.717, 1.165) is 30.7 Å². The molecule has 5 heterocycles. The first-order chi connectivity index (χ1) is 19.0. The van der Waals surface area contributed by atoms with Gasteiger partial charge in [-0.1, -0.05) is 12.1 Å². The lowest BCUT2D eigenvalue weighted by Gasteiger charge is -2.36. The Labute approximate surface area is 260 Å². The molecule has 1 N–H and O–H groups in total. The van der Waals surface area contributed by atoms with Gasteiger partial charge in [-0.3, -0.25) is 4.79 Å². The van der Waals surface area contributed by atoms with Crippen molar-refractivity contribution in [2.45, 2.75) is 0 Å². The van der Waals surface area contributed by atoms with Crippen LogP contribution in [0.15, 0.2) is 65.7 Å². The molecule has 0 bridgehead atoms. The zero-order valence-electron chi connectivity index (χ0n) is 22.4. The number of ether oxygens (including phenoxy) is 1. The van der Waals surface area contributed by atoms with Crippen LogP contribution >= 0.6 is 37.2 Å². The van der Waals surface area contributed by atoms with E-state index in [1.165, 1.54) is 6.20 Å². The predicted molar refractivity (Wildman–Crippen MR) is 168 cm³/mol. The van der Waals surface area contributed by atoms with Crippen molar-refractivity contribution in [3.05, 3.63) is 82.5 Å². The Morgan fingerprint density at radius 3 is 2.21 bits per heavy atom. The highest BCUT2D eigenvalue weighted by molar-refractivity contribution is 5.92. The van der Waals surface area contributed by atoms with Gasteiger partial charge in [-0.2, -0.15) is 0 Å². The first-order valence-electron chi connectivity index (χ1n) is 12.8. The summed E-state index contributed by atoms with van der Waals surface area (Å²) in [5, 5.41) is 9.65. The molecule has 0 amide bonds. The maximum Gasteiger partial charge on any atom is 0.341 e. The highest BCUT2D eigenvalue weighted by Crippen LogP contribution is 2.27. The van der Waals surface area contributed by atoms with Gasteiger partial charge in [0.25, 0.3) is 0 Å². The Bertz CT molecular complexity index is 1600. The summed E-state index contributed by atoms with van der Waals surface area (Å²) in [6.07, 6.45) is 3.02. The maximum absolute atomic E-state index is 15.4. The topological polar surface area (TPSA) is 104 Å². The third-order valence-electron chi connectivity index (χ3n) is 7.18. The van der Waals surface area contributed by atoms with Crippen molar-refractivity contribution in [2.75, 3.05) is 67.2 Å². The number of aromatic carboxylic acids is 1. The number of carboxylic acid groups (broad SMARTS) is 1.